The summed E-state index contributed by atoms with van der Waals surface area (Å²) in [6, 6.07) is 5.12. The highest BCUT2D eigenvalue weighted by Gasteiger charge is 2.38. The summed E-state index contributed by atoms with van der Waals surface area (Å²) >= 11 is 1.11. The van der Waals surface area contributed by atoms with Crippen molar-refractivity contribution in [1.29, 1.82) is 0 Å². The molecule has 0 aliphatic carbocycles. The SMILES string of the molecule is CC(=O)c1csc(N2C(=O)c3ccc(C)cc3C2=O)n1. The van der Waals surface area contributed by atoms with E-state index in [9.17, 15) is 14.4 Å². The average molecular weight is 286 g/mol. The number of thiazole rings is 1. The zero-order valence-corrected chi connectivity index (χ0v) is 11.7. The standard InChI is InChI=1S/C14H10N2O3S/c1-7-3-4-9-10(5-7)13(19)16(12(9)18)14-15-11(6-20-14)8(2)17/h3-6H,1-2H3. The Hall–Kier alpha value is -2.34. The Bertz CT molecular complexity index is 764. The maximum Gasteiger partial charge on any atom is 0.268 e. The van der Waals surface area contributed by atoms with E-state index in [2.05, 4.69) is 4.98 Å². The lowest BCUT2D eigenvalue weighted by molar-refractivity contribution is 0.0923. The van der Waals surface area contributed by atoms with Crippen LogP contribution in [0, 0.1) is 6.92 Å². The van der Waals surface area contributed by atoms with E-state index in [1.54, 1.807) is 23.6 Å². The van der Waals surface area contributed by atoms with Gasteiger partial charge in [-0.15, -0.1) is 11.3 Å². The van der Waals surface area contributed by atoms with Gasteiger partial charge in [-0.1, -0.05) is 11.6 Å². The van der Waals surface area contributed by atoms with Gasteiger partial charge in [0.05, 0.1) is 11.1 Å². The number of aryl methyl sites for hydroxylation is 1. The summed E-state index contributed by atoms with van der Waals surface area (Å²) < 4.78 is 0. The Morgan fingerprint density at radius 3 is 2.55 bits per heavy atom. The number of hydrogen-bond acceptors (Lipinski definition) is 5. The maximum absolute atomic E-state index is 12.3. The lowest BCUT2D eigenvalue weighted by Gasteiger charge is -2.08. The van der Waals surface area contributed by atoms with Gasteiger partial charge in [0.1, 0.15) is 5.69 Å². The van der Waals surface area contributed by atoms with E-state index >= 15 is 0 Å². The summed E-state index contributed by atoms with van der Waals surface area (Å²) in [6.45, 7) is 3.25. The van der Waals surface area contributed by atoms with Crippen LogP contribution in [0.25, 0.3) is 0 Å². The number of benzene rings is 1. The van der Waals surface area contributed by atoms with E-state index in [4.69, 9.17) is 0 Å². The summed E-state index contributed by atoms with van der Waals surface area (Å²) in [7, 11) is 0. The zero-order chi connectivity index (χ0) is 14.4. The Kier molecular flexibility index (Phi) is 2.76. The van der Waals surface area contributed by atoms with Crippen molar-refractivity contribution in [2.75, 3.05) is 4.90 Å². The van der Waals surface area contributed by atoms with E-state index in [-0.39, 0.29) is 16.6 Å². The summed E-state index contributed by atoms with van der Waals surface area (Å²) in [4.78, 5) is 40.9. The number of carbonyl (C=O) groups excluding carboxylic acids is 3. The van der Waals surface area contributed by atoms with Gasteiger partial charge >= 0.3 is 0 Å². The number of imide groups is 1. The smallest absolute Gasteiger partial charge is 0.268 e. The highest BCUT2D eigenvalue weighted by atomic mass is 32.1. The van der Waals surface area contributed by atoms with Crippen LogP contribution in [0.2, 0.25) is 0 Å². The summed E-state index contributed by atoms with van der Waals surface area (Å²) in [6.07, 6.45) is 0. The molecule has 0 atom stereocenters. The van der Waals surface area contributed by atoms with Crippen LogP contribution in [0.3, 0.4) is 0 Å². The minimum Gasteiger partial charge on any atom is -0.293 e. The largest absolute Gasteiger partial charge is 0.293 e. The van der Waals surface area contributed by atoms with Crippen LogP contribution in [0.5, 0.6) is 0 Å². The molecule has 1 aliphatic rings. The molecular formula is C14H10N2O3S. The second-order valence-electron chi connectivity index (χ2n) is 4.57. The molecule has 100 valence electrons. The van der Waals surface area contributed by atoms with Gasteiger partial charge in [0.15, 0.2) is 10.9 Å². The number of rotatable bonds is 2. The molecule has 0 saturated carbocycles. The van der Waals surface area contributed by atoms with Crippen molar-refractivity contribution in [1.82, 2.24) is 4.98 Å². The second kappa shape index (κ2) is 4.35. The van der Waals surface area contributed by atoms with Crippen molar-refractivity contribution in [2.45, 2.75) is 13.8 Å². The molecule has 0 saturated heterocycles. The third-order valence-electron chi connectivity index (χ3n) is 3.09. The van der Waals surface area contributed by atoms with Crippen LogP contribution in [0.15, 0.2) is 23.6 Å². The number of amides is 2. The second-order valence-corrected chi connectivity index (χ2v) is 5.40. The van der Waals surface area contributed by atoms with Gasteiger partial charge in [0.25, 0.3) is 11.8 Å². The molecule has 0 N–H and O–H groups in total. The van der Waals surface area contributed by atoms with Crippen molar-refractivity contribution in [3.05, 3.63) is 46.0 Å². The Morgan fingerprint density at radius 2 is 1.90 bits per heavy atom. The molecule has 5 nitrogen and oxygen atoms in total. The number of hydrogen-bond donors (Lipinski definition) is 0. The fourth-order valence-corrected chi connectivity index (χ4v) is 2.92. The lowest BCUT2D eigenvalue weighted by atomic mass is 10.1. The number of fused-ring (bicyclic) bond motifs is 1. The van der Waals surface area contributed by atoms with E-state index in [0.29, 0.717) is 11.1 Å². The lowest BCUT2D eigenvalue weighted by Crippen LogP contribution is -2.29. The first-order valence-electron chi connectivity index (χ1n) is 5.95. The fourth-order valence-electron chi connectivity index (χ4n) is 2.06. The molecule has 3 rings (SSSR count). The first kappa shape index (κ1) is 12.7. The number of Topliss-reactive ketones (excluding diaryl/α,β-unsaturated/α-hetero) is 1. The van der Waals surface area contributed by atoms with E-state index in [1.807, 2.05) is 6.92 Å². The first-order chi connectivity index (χ1) is 9.49. The summed E-state index contributed by atoms with van der Waals surface area (Å²) in [5.74, 6) is -0.979. The normalized spacial score (nSPS) is 13.8. The van der Waals surface area contributed by atoms with E-state index < -0.39 is 11.8 Å². The van der Waals surface area contributed by atoms with E-state index in [1.165, 1.54) is 6.92 Å². The molecule has 2 amide bonds. The molecule has 20 heavy (non-hydrogen) atoms. The van der Waals surface area contributed by atoms with Gasteiger partial charge in [-0.25, -0.2) is 9.88 Å². The van der Waals surface area contributed by atoms with Crippen molar-refractivity contribution >= 4 is 34.1 Å². The molecule has 0 unspecified atom stereocenters. The molecule has 2 heterocycles. The predicted molar refractivity (Wildman–Crippen MR) is 74.4 cm³/mol. The molecule has 0 bridgehead atoms. The minimum atomic E-state index is -0.394. The molecule has 1 aliphatic heterocycles. The number of ketones is 1. The van der Waals surface area contributed by atoms with Crippen LogP contribution in [0.1, 0.15) is 43.7 Å². The number of aromatic nitrogens is 1. The molecule has 0 spiro atoms. The van der Waals surface area contributed by atoms with Crippen LogP contribution < -0.4 is 4.90 Å². The van der Waals surface area contributed by atoms with Crippen molar-refractivity contribution in [2.24, 2.45) is 0 Å². The van der Waals surface area contributed by atoms with Crippen molar-refractivity contribution in [3.63, 3.8) is 0 Å². The molecule has 0 radical (unpaired) electrons. The molecule has 1 aromatic heterocycles. The van der Waals surface area contributed by atoms with Crippen LogP contribution >= 0.6 is 11.3 Å². The van der Waals surface area contributed by atoms with Crippen molar-refractivity contribution < 1.29 is 14.4 Å². The maximum atomic E-state index is 12.3. The predicted octanol–water partition coefficient (Wildman–Crippen LogP) is 2.45. The molecular weight excluding hydrogens is 276 g/mol. The highest BCUT2D eigenvalue weighted by molar-refractivity contribution is 7.14. The van der Waals surface area contributed by atoms with Crippen LogP contribution in [0.4, 0.5) is 5.13 Å². The Morgan fingerprint density at radius 1 is 1.20 bits per heavy atom. The summed E-state index contributed by atoms with van der Waals surface area (Å²) in [5, 5.41) is 1.78. The quantitative estimate of drug-likeness (QED) is 0.628. The monoisotopic (exact) mass is 286 g/mol. The fraction of sp³-hybridized carbons (Fsp3) is 0.143. The topological polar surface area (TPSA) is 67.3 Å². The van der Waals surface area contributed by atoms with Gasteiger partial charge in [-0.3, -0.25) is 14.4 Å². The van der Waals surface area contributed by atoms with Crippen LogP contribution in [-0.2, 0) is 0 Å². The van der Waals surface area contributed by atoms with Gasteiger partial charge in [-0.2, -0.15) is 0 Å². The number of carbonyl (C=O) groups is 3. The number of anilines is 1. The molecule has 6 heteroatoms. The Balaban J connectivity index is 2.06. The zero-order valence-electron chi connectivity index (χ0n) is 10.8. The molecule has 1 aromatic carbocycles. The first-order valence-corrected chi connectivity index (χ1v) is 6.83. The Labute approximate surface area is 118 Å². The van der Waals surface area contributed by atoms with Gasteiger partial charge in [-0.05, 0) is 19.1 Å². The van der Waals surface area contributed by atoms with Gasteiger partial charge in [0, 0.05) is 12.3 Å². The third-order valence-corrected chi connectivity index (χ3v) is 3.91. The minimum absolute atomic E-state index is 0.194. The van der Waals surface area contributed by atoms with Gasteiger partial charge < -0.3 is 0 Å². The number of nitrogens with zero attached hydrogens (tertiary/aromatic N) is 2. The van der Waals surface area contributed by atoms with Crippen molar-refractivity contribution in [3.8, 4) is 0 Å². The van der Waals surface area contributed by atoms with E-state index in [0.717, 1.165) is 21.8 Å². The van der Waals surface area contributed by atoms with Crippen LogP contribution in [-0.4, -0.2) is 22.6 Å². The molecule has 0 fully saturated rings. The third kappa shape index (κ3) is 1.77. The average Bonchev–Trinajstić information content (AvgIpc) is 2.95. The summed E-state index contributed by atoms with van der Waals surface area (Å²) in [5.41, 5.74) is 1.93. The van der Waals surface area contributed by atoms with Gasteiger partial charge in [0.2, 0.25) is 0 Å². The molecule has 2 aromatic rings. The highest BCUT2D eigenvalue weighted by Crippen LogP contribution is 2.31.